The SMILES string of the molecule is c1ccc(-c2cc([Si](c3ccccc3)(c3ccccc3)c3ccccc3)cc(-c3ccccc3)c2-n2c3ccccc3c3cc(-n4c5ccccc5c5cccc(-c6ccc7oc8ccccc8c7c6)c54)ccc32)cc1. The third-order valence-electron chi connectivity index (χ3n) is 15.9. The number of fused-ring (bicyclic) bond motifs is 9. The van der Waals surface area contributed by atoms with Crippen LogP contribution in [0.5, 0.6) is 0 Å². The van der Waals surface area contributed by atoms with Crippen molar-refractivity contribution in [3.8, 4) is 44.8 Å². The summed E-state index contributed by atoms with van der Waals surface area (Å²) in [6.45, 7) is 0. The molecule has 0 atom stereocenters. The van der Waals surface area contributed by atoms with E-state index >= 15 is 0 Å². The average molecular weight is 985 g/mol. The summed E-state index contributed by atoms with van der Waals surface area (Å²) in [5.74, 6) is 0. The Bertz CT molecular complexity index is 4510. The Labute approximate surface area is 441 Å². The molecule has 0 spiro atoms. The molecule has 0 saturated heterocycles. The second kappa shape index (κ2) is 17.7. The third-order valence-corrected chi connectivity index (χ3v) is 20.6. The maximum absolute atomic E-state index is 6.32. The zero-order chi connectivity index (χ0) is 50.2. The molecule has 12 aromatic carbocycles. The molecule has 0 saturated carbocycles. The fourth-order valence-electron chi connectivity index (χ4n) is 12.6. The van der Waals surface area contributed by atoms with Crippen molar-refractivity contribution in [3.05, 3.63) is 291 Å². The summed E-state index contributed by atoms with van der Waals surface area (Å²) in [4.78, 5) is 0. The van der Waals surface area contributed by atoms with Crippen molar-refractivity contribution in [1.29, 1.82) is 0 Å². The molecule has 0 aliphatic carbocycles. The number of benzene rings is 12. The van der Waals surface area contributed by atoms with Crippen LogP contribution in [-0.2, 0) is 0 Å². The van der Waals surface area contributed by atoms with Crippen molar-refractivity contribution >= 4 is 94.4 Å². The summed E-state index contributed by atoms with van der Waals surface area (Å²) in [6.07, 6.45) is 0. The maximum atomic E-state index is 6.32. The molecule has 0 N–H and O–H groups in total. The van der Waals surface area contributed by atoms with Gasteiger partial charge in [0.05, 0.1) is 27.8 Å². The zero-order valence-corrected chi connectivity index (χ0v) is 42.5. The Morgan fingerprint density at radius 3 is 1.34 bits per heavy atom. The molecule has 76 heavy (non-hydrogen) atoms. The van der Waals surface area contributed by atoms with Crippen molar-refractivity contribution in [2.24, 2.45) is 0 Å². The molecule has 3 aromatic heterocycles. The van der Waals surface area contributed by atoms with Gasteiger partial charge in [-0.25, -0.2) is 0 Å². The molecule has 0 radical (unpaired) electrons. The molecule has 0 bridgehead atoms. The van der Waals surface area contributed by atoms with Gasteiger partial charge < -0.3 is 13.6 Å². The highest BCUT2D eigenvalue weighted by Gasteiger charge is 2.42. The number of hydrogen-bond acceptors (Lipinski definition) is 1. The number of aromatic nitrogens is 2. The minimum Gasteiger partial charge on any atom is -0.456 e. The van der Waals surface area contributed by atoms with Crippen molar-refractivity contribution in [3.63, 3.8) is 0 Å². The number of para-hydroxylation sites is 4. The largest absolute Gasteiger partial charge is 0.456 e. The summed E-state index contributed by atoms with van der Waals surface area (Å²) >= 11 is 0. The number of hydrogen-bond donors (Lipinski definition) is 0. The lowest BCUT2D eigenvalue weighted by Crippen LogP contribution is -2.74. The van der Waals surface area contributed by atoms with E-state index in [1.807, 2.05) is 6.07 Å². The lowest BCUT2D eigenvalue weighted by Gasteiger charge is -2.36. The number of nitrogens with zero attached hydrogens (tertiary/aromatic N) is 2. The second-order valence-corrected chi connectivity index (χ2v) is 23.7. The fourth-order valence-corrected chi connectivity index (χ4v) is 17.4. The van der Waals surface area contributed by atoms with Crippen LogP contribution in [0.3, 0.4) is 0 Å². The standard InChI is InChI=1S/C72H48N2OSi/c1-6-23-49(24-7-1)62-47-56(76(53-27-10-3-11-28-53,54-29-12-4-13-30-54)55-31-14-5-15-32-55)48-63(50-25-8-2-9-26-50)72(62)74-67-39-20-17-34-59(67)64-46-52(42-43-68(64)74)73-66-38-19-16-33-58(66)61-37-22-36-57(71(61)73)51-41-44-70-65(45-51)60-35-18-21-40-69(60)75-70/h1-48H. The average Bonchev–Trinajstić information content (AvgIpc) is 4.19. The minimum absolute atomic E-state index is 0.893. The van der Waals surface area contributed by atoms with Gasteiger partial charge in [-0.2, -0.15) is 0 Å². The van der Waals surface area contributed by atoms with Gasteiger partial charge in [0.25, 0.3) is 0 Å². The number of furan rings is 1. The second-order valence-electron chi connectivity index (χ2n) is 19.9. The highest BCUT2D eigenvalue weighted by Crippen LogP contribution is 2.44. The molecule has 0 fully saturated rings. The maximum Gasteiger partial charge on any atom is 0.179 e. The van der Waals surface area contributed by atoms with E-state index in [0.29, 0.717) is 0 Å². The summed E-state index contributed by atoms with van der Waals surface area (Å²) in [7, 11) is -3.00. The van der Waals surface area contributed by atoms with Gasteiger partial charge in [-0.1, -0.05) is 243 Å². The molecule has 0 unspecified atom stereocenters. The monoisotopic (exact) mass is 984 g/mol. The van der Waals surface area contributed by atoms with Crippen molar-refractivity contribution in [1.82, 2.24) is 9.13 Å². The van der Waals surface area contributed by atoms with E-state index in [4.69, 9.17) is 4.42 Å². The van der Waals surface area contributed by atoms with Crippen LogP contribution in [0.2, 0.25) is 0 Å². The van der Waals surface area contributed by atoms with E-state index in [9.17, 15) is 0 Å². The van der Waals surface area contributed by atoms with Crippen LogP contribution in [0.4, 0.5) is 0 Å². The molecule has 4 heteroatoms. The quantitative estimate of drug-likeness (QED) is 0.104. The van der Waals surface area contributed by atoms with Crippen LogP contribution in [0.15, 0.2) is 296 Å². The fraction of sp³-hybridized carbons (Fsp3) is 0. The van der Waals surface area contributed by atoms with Crippen LogP contribution in [-0.4, -0.2) is 17.2 Å². The van der Waals surface area contributed by atoms with Crippen molar-refractivity contribution in [2.75, 3.05) is 0 Å². The van der Waals surface area contributed by atoms with Crippen molar-refractivity contribution < 1.29 is 4.42 Å². The van der Waals surface area contributed by atoms with Crippen molar-refractivity contribution in [2.45, 2.75) is 0 Å². The molecule has 15 rings (SSSR count). The van der Waals surface area contributed by atoms with Gasteiger partial charge in [0.15, 0.2) is 8.07 Å². The predicted molar refractivity (Wildman–Crippen MR) is 322 cm³/mol. The highest BCUT2D eigenvalue weighted by molar-refractivity contribution is 7.20. The molecule has 15 aromatic rings. The van der Waals surface area contributed by atoms with Gasteiger partial charge >= 0.3 is 0 Å². The molecule has 0 aliphatic rings. The lowest BCUT2D eigenvalue weighted by atomic mass is 9.95. The van der Waals surface area contributed by atoms with Crippen LogP contribution in [0.25, 0.3) is 110 Å². The first kappa shape index (κ1) is 43.8. The van der Waals surface area contributed by atoms with Crippen LogP contribution < -0.4 is 20.7 Å². The zero-order valence-electron chi connectivity index (χ0n) is 41.5. The van der Waals surface area contributed by atoms with Gasteiger partial charge in [-0.05, 0) is 86.0 Å². The molecular formula is C72H48N2OSi. The van der Waals surface area contributed by atoms with Gasteiger partial charge in [-0.3, -0.25) is 0 Å². The van der Waals surface area contributed by atoms with E-state index in [1.165, 1.54) is 70.0 Å². The van der Waals surface area contributed by atoms with E-state index in [2.05, 4.69) is 294 Å². The van der Waals surface area contributed by atoms with Gasteiger partial charge in [0, 0.05) is 54.7 Å². The lowest BCUT2D eigenvalue weighted by molar-refractivity contribution is 0.669. The van der Waals surface area contributed by atoms with Gasteiger partial charge in [0.2, 0.25) is 0 Å². The first-order valence-corrected chi connectivity index (χ1v) is 28.2. The highest BCUT2D eigenvalue weighted by atomic mass is 28.3. The van der Waals surface area contributed by atoms with Crippen LogP contribution in [0, 0.1) is 0 Å². The summed E-state index contributed by atoms with van der Waals surface area (Å²) < 4.78 is 11.4. The molecule has 0 aliphatic heterocycles. The van der Waals surface area contributed by atoms with E-state index in [1.54, 1.807) is 0 Å². The molecular weight excluding hydrogens is 937 g/mol. The topological polar surface area (TPSA) is 23.0 Å². The summed E-state index contributed by atoms with van der Waals surface area (Å²) in [5.41, 5.74) is 15.7. The Morgan fingerprint density at radius 1 is 0.263 bits per heavy atom. The predicted octanol–water partition coefficient (Wildman–Crippen LogP) is 16.2. The summed E-state index contributed by atoms with van der Waals surface area (Å²) in [5, 5.41) is 12.4. The van der Waals surface area contributed by atoms with E-state index < -0.39 is 8.07 Å². The first-order valence-electron chi connectivity index (χ1n) is 26.2. The molecule has 0 amide bonds. The Balaban J connectivity index is 1.03. The van der Waals surface area contributed by atoms with E-state index in [0.717, 1.165) is 61.0 Å². The third kappa shape index (κ3) is 6.74. The number of rotatable bonds is 9. The Kier molecular flexibility index (Phi) is 10.2. The van der Waals surface area contributed by atoms with Crippen LogP contribution >= 0.6 is 0 Å². The normalized spacial score (nSPS) is 11.9. The van der Waals surface area contributed by atoms with Gasteiger partial charge in [-0.15, -0.1) is 0 Å². The van der Waals surface area contributed by atoms with E-state index in [-0.39, 0.29) is 0 Å². The minimum atomic E-state index is -3.00. The first-order chi connectivity index (χ1) is 37.7. The Morgan fingerprint density at radius 2 is 0.737 bits per heavy atom. The van der Waals surface area contributed by atoms with Gasteiger partial charge in [0.1, 0.15) is 11.2 Å². The summed E-state index contributed by atoms with van der Waals surface area (Å²) in [6, 6.07) is 108. The van der Waals surface area contributed by atoms with Crippen LogP contribution in [0.1, 0.15) is 0 Å². The molecule has 356 valence electrons. The molecule has 3 heterocycles. The molecule has 3 nitrogen and oxygen atoms in total. The Hall–Kier alpha value is -9.74. The smallest absolute Gasteiger partial charge is 0.179 e.